The molecule has 2 N–H and O–H groups in total. The summed E-state index contributed by atoms with van der Waals surface area (Å²) < 4.78 is 0. The van der Waals surface area contributed by atoms with Crippen molar-refractivity contribution in [2.45, 2.75) is 12.8 Å². The van der Waals surface area contributed by atoms with Crippen LogP contribution in [-0.2, 0) is 9.59 Å². The molecule has 0 bridgehead atoms. The Kier molecular flexibility index (Phi) is 4.72. The number of rotatable bonds is 3. The predicted octanol–water partition coefficient (Wildman–Crippen LogP) is 1.32. The second-order valence-electron chi connectivity index (χ2n) is 5.05. The summed E-state index contributed by atoms with van der Waals surface area (Å²) in [6.07, 6.45) is 2.71. The summed E-state index contributed by atoms with van der Waals surface area (Å²) in [5.74, 6) is -0.774. The third-order valence-electron chi connectivity index (χ3n) is 3.65. The Morgan fingerprint density at radius 2 is 1.86 bits per heavy atom. The second-order valence-corrected chi connectivity index (χ2v) is 5.05. The van der Waals surface area contributed by atoms with Gasteiger partial charge in [0, 0.05) is 19.0 Å². The first-order valence-electron chi connectivity index (χ1n) is 6.87. The first-order valence-corrected chi connectivity index (χ1v) is 6.87. The van der Waals surface area contributed by atoms with Gasteiger partial charge in [-0.2, -0.15) is 5.26 Å². The van der Waals surface area contributed by atoms with Crippen molar-refractivity contribution < 1.29 is 9.59 Å². The number of piperidine rings is 1. The Bertz CT molecular complexity index is 594. The van der Waals surface area contributed by atoms with Gasteiger partial charge in [0.05, 0.1) is 0 Å². The van der Waals surface area contributed by atoms with E-state index in [9.17, 15) is 14.9 Å². The van der Waals surface area contributed by atoms with Crippen LogP contribution in [-0.4, -0.2) is 29.8 Å². The van der Waals surface area contributed by atoms with Crippen LogP contribution in [0.25, 0.3) is 6.08 Å². The minimum Gasteiger partial charge on any atom is -0.369 e. The molecule has 0 unspecified atom stereocenters. The van der Waals surface area contributed by atoms with Gasteiger partial charge in [-0.05, 0) is 24.5 Å². The van der Waals surface area contributed by atoms with E-state index in [1.807, 2.05) is 36.4 Å². The van der Waals surface area contributed by atoms with E-state index >= 15 is 0 Å². The van der Waals surface area contributed by atoms with Crippen LogP contribution in [0.15, 0.2) is 35.9 Å². The molecule has 2 rings (SSSR count). The van der Waals surface area contributed by atoms with Gasteiger partial charge in [0.2, 0.25) is 5.91 Å². The highest BCUT2D eigenvalue weighted by molar-refractivity contribution is 6.01. The maximum Gasteiger partial charge on any atom is 0.264 e. The Morgan fingerprint density at radius 1 is 1.24 bits per heavy atom. The van der Waals surface area contributed by atoms with E-state index in [0.717, 1.165) is 5.56 Å². The molecule has 1 aliphatic rings. The number of hydrogen-bond donors (Lipinski definition) is 1. The average Bonchev–Trinajstić information content (AvgIpc) is 2.53. The lowest BCUT2D eigenvalue weighted by molar-refractivity contribution is -0.131. The minimum atomic E-state index is -0.317. The van der Waals surface area contributed by atoms with Crippen molar-refractivity contribution >= 4 is 17.9 Å². The number of hydrogen-bond acceptors (Lipinski definition) is 3. The van der Waals surface area contributed by atoms with Crippen LogP contribution < -0.4 is 5.73 Å². The van der Waals surface area contributed by atoms with E-state index in [0.29, 0.717) is 25.9 Å². The third kappa shape index (κ3) is 3.69. The fourth-order valence-electron chi connectivity index (χ4n) is 2.40. The van der Waals surface area contributed by atoms with Gasteiger partial charge >= 0.3 is 0 Å². The Hall–Kier alpha value is -2.61. The second kappa shape index (κ2) is 6.71. The molecular formula is C16H17N3O2. The topological polar surface area (TPSA) is 87.2 Å². The molecule has 5 heteroatoms. The quantitative estimate of drug-likeness (QED) is 0.670. The van der Waals surface area contributed by atoms with Crippen LogP contribution in [0.5, 0.6) is 0 Å². The van der Waals surface area contributed by atoms with Crippen molar-refractivity contribution in [3.8, 4) is 6.07 Å². The molecule has 108 valence electrons. The first kappa shape index (κ1) is 14.8. The summed E-state index contributed by atoms with van der Waals surface area (Å²) in [5, 5.41) is 9.19. The van der Waals surface area contributed by atoms with Crippen LogP contribution in [0, 0.1) is 17.2 Å². The van der Waals surface area contributed by atoms with Crippen LogP contribution in [0.1, 0.15) is 18.4 Å². The number of benzene rings is 1. The fourth-order valence-corrected chi connectivity index (χ4v) is 2.40. The van der Waals surface area contributed by atoms with Crippen LogP contribution in [0.2, 0.25) is 0 Å². The van der Waals surface area contributed by atoms with Crippen LogP contribution in [0.3, 0.4) is 0 Å². The molecule has 2 amide bonds. The van der Waals surface area contributed by atoms with E-state index in [-0.39, 0.29) is 23.3 Å². The maximum atomic E-state index is 12.3. The lowest BCUT2D eigenvalue weighted by atomic mass is 9.96. The number of nitrogens with zero attached hydrogens (tertiary/aromatic N) is 2. The van der Waals surface area contributed by atoms with E-state index in [4.69, 9.17) is 5.73 Å². The summed E-state index contributed by atoms with van der Waals surface area (Å²) >= 11 is 0. The molecule has 1 aromatic rings. The average molecular weight is 283 g/mol. The number of carbonyl (C=O) groups is 2. The summed E-state index contributed by atoms with van der Waals surface area (Å²) in [6.45, 7) is 0.917. The monoisotopic (exact) mass is 283 g/mol. The molecule has 0 spiro atoms. The molecule has 1 heterocycles. The lowest BCUT2D eigenvalue weighted by Crippen LogP contribution is -2.42. The summed E-state index contributed by atoms with van der Waals surface area (Å²) in [4.78, 5) is 25.1. The van der Waals surface area contributed by atoms with Gasteiger partial charge in [0.15, 0.2) is 0 Å². The van der Waals surface area contributed by atoms with Gasteiger partial charge in [-0.15, -0.1) is 0 Å². The predicted molar refractivity (Wildman–Crippen MR) is 78.5 cm³/mol. The Balaban J connectivity index is 2.07. The zero-order chi connectivity index (χ0) is 15.2. The number of primary amides is 1. The third-order valence-corrected chi connectivity index (χ3v) is 3.65. The zero-order valence-corrected chi connectivity index (χ0v) is 11.7. The highest BCUT2D eigenvalue weighted by atomic mass is 16.2. The molecule has 1 fully saturated rings. The van der Waals surface area contributed by atoms with Gasteiger partial charge in [0.25, 0.3) is 5.91 Å². The van der Waals surface area contributed by atoms with Gasteiger partial charge in [-0.3, -0.25) is 9.59 Å². The Labute approximate surface area is 123 Å². The molecule has 0 atom stereocenters. The largest absolute Gasteiger partial charge is 0.369 e. The summed E-state index contributed by atoms with van der Waals surface area (Å²) in [5.41, 5.74) is 6.19. The highest BCUT2D eigenvalue weighted by Crippen LogP contribution is 2.19. The molecule has 0 aromatic heterocycles. The lowest BCUT2D eigenvalue weighted by Gasteiger charge is -2.30. The molecule has 5 nitrogen and oxygen atoms in total. The summed E-state index contributed by atoms with van der Waals surface area (Å²) in [6, 6.07) is 11.2. The number of carbonyl (C=O) groups excluding carboxylic acids is 2. The van der Waals surface area contributed by atoms with Gasteiger partial charge < -0.3 is 10.6 Å². The smallest absolute Gasteiger partial charge is 0.264 e. The van der Waals surface area contributed by atoms with Gasteiger partial charge in [-0.1, -0.05) is 30.3 Å². The van der Waals surface area contributed by atoms with E-state index in [1.54, 1.807) is 11.0 Å². The zero-order valence-electron chi connectivity index (χ0n) is 11.7. The SMILES string of the molecule is N#C/C(=C\c1ccccc1)C(=O)N1CCC(C(N)=O)CC1. The highest BCUT2D eigenvalue weighted by Gasteiger charge is 2.27. The first-order chi connectivity index (χ1) is 10.1. The van der Waals surface area contributed by atoms with Crippen molar-refractivity contribution in [2.75, 3.05) is 13.1 Å². The minimum absolute atomic E-state index is 0.110. The van der Waals surface area contributed by atoms with Crippen molar-refractivity contribution in [1.82, 2.24) is 4.90 Å². The molecular weight excluding hydrogens is 266 g/mol. The number of amides is 2. The van der Waals surface area contributed by atoms with E-state index < -0.39 is 0 Å². The van der Waals surface area contributed by atoms with Crippen LogP contribution in [0.4, 0.5) is 0 Å². The van der Waals surface area contributed by atoms with Crippen molar-refractivity contribution in [2.24, 2.45) is 11.7 Å². The number of likely N-dealkylation sites (tertiary alicyclic amines) is 1. The molecule has 21 heavy (non-hydrogen) atoms. The number of nitrogens with two attached hydrogens (primary N) is 1. The number of nitriles is 1. The van der Waals surface area contributed by atoms with E-state index in [1.165, 1.54) is 0 Å². The molecule has 1 aliphatic heterocycles. The Morgan fingerprint density at radius 3 is 2.38 bits per heavy atom. The van der Waals surface area contributed by atoms with Crippen molar-refractivity contribution in [3.63, 3.8) is 0 Å². The van der Waals surface area contributed by atoms with E-state index in [2.05, 4.69) is 0 Å². The van der Waals surface area contributed by atoms with Gasteiger partial charge in [-0.25, -0.2) is 0 Å². The van der Waals surface area contributed by atoms with Crippen LogP contribution >= 0.6 is 0 Å². The summed E-state index contributed by atoms with van der Waals surface area (Å²) in [7, 11) is 0. The van der Waals surface area contributed by atoms with Crippen molar-refractivity contribution in [1.29, 1.82) is 5.26 Å². The molecule has 0 radical (unpaired) electrons. The molecule has 0 saturated carbocycles. The molecule has 1 aromatic carbocycles. The molecule has 1 saturated heterocycles. The fraction of sp³-hybridized carbons (Fsp3) is 0.312. The van der Waals surface area contributed by atoms with Gasteiger partial charge in [0.1, 0.15) is 11.6 Å². The normalized spacial score (nSPS) is 16.3. The van der Waals surface area contributed by atoms with Crippen molar-refractivity contribution in [3.05, 3.63) is 41.5 Å². The molecule has 0 aliphatic carbocycles. The standard InChI is InChI=1S/C16H17N3O2/c17-11-14(10-12-4-2-1-3-5-12)16(21)19-8-6-13(7-9-19)15(18)20/h1-5,10,13H,6-9H2,(H2,18,20)/b14-10+. The maximum absolute atomic E-state index is 12.3.